The van der Waals surface area contributed by atoms with Crippen molar-refractivity contribution in [2.24, 2.45) is 5.73 Å². The maximum Gasteiger partial charge on any atom is 0.105 e. The first-order chi connectivity index (χ1) is 6.88. The molecule has 1 aromatic heterocycles. The smallest absolute Gasteiger partial charge is 0.105 e. The first-order valence-electron chi connectivity index (χ1n) is 4.72. The van der Waals surface area contributed by atoms with Crippen LogP contribution in [0.4, 0.5) is 0 Å². The summed E-state index contributed by atoms with van der Waals surface area (Å²) in [5, 5.41) is 0. The molecule has 1 aromatic rings. The highest BCUT2D eigenvalue weighted by atomic mass is 16.6. The lowest BCUT2D eigenvalue weighted by atomic mass is 10.3. The number of pyridine rings is 1. The van der Waals surface area contributed by atoms with Crippen LogP contribution < -0.4 is 5.73 Å². The van der Waals surface area contributed by atoms with Crippen molar-refractivity contribution in [1.29, 1.82) is 0 Å². The van der Waals surface area contributed by atoms with E-state index in [2.05, 4.69) is 4.98 Å². The minimum Gasteiger partial charge on any atom is -0.376 e. The number of hydrogen-bond acceptors (Lipinski definition) is 4. The van der Waals surface area contributed by atoms with Gasteiger partial charge in [-0.15, -0.1) is 0 Å². The predicted molar refractivity (Wildman–Crippen MR) is 51.5 cm³/mol. The molecule has 0 unspecified atom stereocenters. The zero-order chi connectivity index (χ0) is 9.80. The zero-order valence-electron chi connectivity index (χ0n) is 7.98. The fraction of sp³-hybridized carbons (Fsp3) is 0.500. The second-order valence-electron chi connectivity index (χ2n) is 3.29. The van der Waals surface area contributed by atoms with E-state index >= 15 is 0 Å². The van der Waals surface area contributed by atoms with Crippen molar-refractivity contribution in [2.45, 2.75) is 19.3 Å². The van der Waals surface area contributed by atoms with E-state index < -0.39 is 0 Å². The van der Waals surface area contributed by atoms with Crippen LogP contribution in [0, 0.1) is 0 Å². The van der Waals surface area contributed by atoms with Crippen molar-refractivity contribution >= 4 is 0 Å². The van der Waals surface area contributed by atoms with Crippen molar-refractivity contribution < 1.29 is 9.47 Å². The van der Waals surface area contributed by atoms with Crippen LogP contribution in [0.15, 0.2) is 18.2 Å². The maximum absolute atomic E-state index is 5.54. The Morgan fingerprint density at radius 1 is 1.43 bits per heavy atom. The molecule has 1 aliphatic rings. The average Bonchev–Trinajstić information content (AvgIpc) is 2.16. The Hall–Kier alpha value is -0.970. The van der Waals surface area contributed by atoms with Gasteiger partial charge in [0.2, 0.25) is 0 Å². The lowest BCUT2D eigenvalue weighted by Crippen LogP contribution is -2.35. The van der Waals surface area contributed by atoms with E-state index in [1.54, 1.807) is 0 Å². The lowest BCUT2D eigenvalue weighted by molar-refractivity contribution is -0.135. The van der Waals surface area contributed by atoms with Crippen LogP contribution in [0.1, 0.15) is 11.4 Å². The fourth-order valence-corrected chi connectivity index (χ4v) is 1.24. The van der Waals surface area contributed by atoms with Gasteiger partial charge in [0, 0.05) is 6.54 Å². The van der Waals surface area contributed by atoms with Crippen molar-refractivity contribution in [1.82, 2.24) is 4.98 Å². The number of nitrogens with zero attached hydrogens (tertiary/aromatic N) is 1. The lowest BCUT2D eigenvalue weighted by Gasteiger charge is -2.25. The van der Waals surface area contributed by atoms with Crippen LogP contribution in [-0.4, -0.2) is 24.3 Å². The van der Waals surface area contributed by atoms with Crippen molar-refractivity contribution in [3.05, 3.63) is 29.6 Å². The molecule has 0 aliphatic carbocycles. The molecule has 1 fully saturated rings. The van der Waals surface area contributed by atoms with Crippen LogP contribution >= 0.6 is 0 Å². The number of nitrogens with two attached hydrogens (primary N) is 1. The number of aromatic nitrogens is 1. The van der Waals surface area contributed by atoms with Gasteiger partial charge >= 0.3 is 0 Å². The van der Waals surface area contributed by atoms with Gasteiger partial charge in [-0.3, -0.25) is 4.98 Å². The number of rotatable bonds is 4. The number of ether oxygens (including phenoxy) is 2. The normalized spacial score (nSPS) is 16.6. The molecule has 0 saturated carbocycles. The molecule has 0 radical (unpaired) electrons. The Kier molecular flexibility index (Phi) is 3.08. The van der Waals surface area contributed by atoms with Gasteiger partial charge in [0.1, 0.15) is 6.10 Å². The van der Waals surface area contributed by atoms with Gasteiger partial charge in [-0.25, -0.2) is 0 Å². The van der Waals surface area contributed by atoms with Gasteiger partial charge in [-0.05, 0) is 12.1 Å². The van der Waals surface area contributed by atoms with Crippen LogP contribution in [0.5, 0.6) is 0 Å². The summed E-state index contributed by atoms with van der Waals surface area (Å²) in [5.74, 6) is 0. The van der Waals surface area contributed by atoms with E-state index in [1.165, 1.54) is 0 Å². The van der Waals surface area contributed by atoms with Gasteiger partial charge in [0.25, 0.3) is 0 Å². The minimum atomic E-state index is 0.248. The Balaban J connectivity index is 1.87. The third kappa shape index (κ3) is 2.29. The van der Waals surface area contributed by atoms with E-state index in [1.807, 2.05) is 18.2 Å². The monoisotopic (exact) mass is 194 g/mol. The summed E-state index contributed by atoms with van der Waals surface area (Å²) in [6.45, 7) is 2.43. The molecule has 0 atom stereocenters. The number of hydrogen-bond donors (Lipinski definition) is 1. The Morgan fingerprint density at radius 3 is 2.86 bits per heavy atom. The third-order valence-corrected chi connectivity index (χ3v) is 2.15. The van der Waals surface area contributed by atoms with Crippen LogP contribution in [0.3, 0.4) is 0 Å². The molecule has 4 heteroatoms. The van der Waals surface area contributed by atoms with Crippen molar-refractivity contribution in [2.75, 3.05) is 13.2 Å². The minimum absolute atomic E-state index is 0.248. The first-order valence-corrected chi connectivity index (χ1v) is 4.72. The molecule has 0 amide bonds. The highest BCUT2D eigenvalue weighted by Gasteiger charge is 2.18. The van der Waals surface area contributed by atoms with Crippen LogP contribution in [0.25, 0.3) is 0 Å². The third-order valence-electron chi connectivity index (χ3n) is 2.15. The molecule has 0 aromatic carbocycles. The van der Waals surface area contributed by atoms with Gasteiger partial charge in [-0.2, -0.15) is 0 Å². The average molecular weight is 194 g/mol. The molecule has 1 aliphatic heterocycles. The molecule has 0 bridgehead atoms. The molecule has 4 nitrogen and oxygen atoms in total. The Morgan fingerprint density at radius 2 is 2.21 bits per heavy atom. The molecule has 1 saturated heterocycles. The second-order valence-corrected chi connectivity index (χ2v) is 3.29. The summed E-state index contributed by atoms with van der Waals surface area (Å²) >= 11 is 0. The summed E-state index contributed by atoms with van der Waals surface area (Å²) in [6.07, 6.45) is 0.248. The predicted octanol–water partition coefficient (Wildman–Crippen LogP) is 0.456. The maximum atomic E-state index is 5.54. The highest BCUT2D eigenvalue weighted by Crippen LogP contribution is 2.08. The van der Waals surface area contributed by atoms with Crippen molar-refractivity contribution in [3.8, 4) is 0 Å². The zero-order valence-corrected chi connectivity index (χ0v) is 7.98. The molecule has 2 rings (SSSR count). The van der Waals surface area contributed by atoms with Crippen LogP contribution in [0.2, 0.25) is 0 Å². The first kappa shape index (κ1) is 9.58. The summed E-state index contributed by atoms with van der Waals surface area (Å²) in [4.78, 5) is 4.33. The summed E-state index contributed by atoms with van der Waals surface area (Å²) < 4.78 is 10.5. The standard InChI is InChI=1S/C10H14N2O2/c11-4-8-2-1-3-9(12-8)5-14-10-6-13-7-10/h1-3,10H,4-7,11H2. The summed E-state index contributed by atoms with van der Waals surface area (Å²) in [5.41, 5.74) is 7.32. The Labute approximate surface area is 83.0 Å². The van der Waals surface area contributed by atoms with Crippen molar-refractivity contribution in [3.63, 3.8) is 0 Å². The fourth-order valence-electron chi connectivity index (χ4n) is 1.24. The van der Waals surface area contributed by atoms with Crippen LogP contribution in [-0.2, 0) is 22.6 Å². The van der Waals surface area contributed by atoms with Gasteiger partial charge < -0.3 is 15.2 Å². The van der Waals surface area contributed by atoms with E-state index in [0.717, 1.165) is 11.4 Å². The second kappa shape index (κ2) is 4.50. The molecule has 2 heterocycles. The molecule has 0 spiro atoms. The SMILES string of the molecule is NCc1cccc(COC2COC2)n1. The van der Waals surface area contributed by atoms with E-state index in [4.69, 9.17) is 15.2 Å². The quantitative estimate of drug-likeness (QED) is 0.756. The molecule has 2 N–H and O–H groups in total. The molecular weight excluding hydrogens is 180 g/mol. The molecule has 76 valence electrons. The largest absolute Gasteiger partial charge is 0.376 e. The van der Waals surface area contributed by atoms with Gasteiger partial charge in [0.15, 0.2) is 0 Å². The Bertz CT molecular complexity index is 300. The summed E-state index contributed by atoms with van der Waals surface area (Å²) in [6, 6.07) is 5.81. The van der Waals surface area contributed by atoms with Gasteiger partial charge in [-0.1, -0.05) is 6.07 Å². The van der Waals surface area contributed by atoms with E-state index in [0.29, 0.717) is 26.4 Å². The topological polar surface area (TPSA) is 57.4 Å². The van der Waals surface area contributed by atoms with Gasteiger partial charge in [0.05, 0.1) is 31.2 Å². The highest BCUT2D eigenvalue weighted by molar-refractivity contribution is 5.10. The van der Waals surface area contributed by atoms with E-state index in [-0.39, 0.29) is 6.10 Å². The molecule has 14 heavy (non-hydrogen) atoms. The van der Waals surface area contributed by atoms with E-state index in [9.17, 15) is 0 Å². The summed E-state index contributed by atoms with van der Waals surface area (Å²) in [7, 11) is 0. The molecular formula is C10H14N2O2.